The molecular weight excluding hydrogens is 524 g/mol. The third kappa shape index (κ3) is 4.67. The van der Waals surface area contributed by atoms with Gasteiger partial charge in [0.15, 0.2) is 5.82 Å². The molecule has 3 heteroatoms. The minimum Gasteiger partial charge on any atom is -0.456 e. The molecule has 202 valence electrons. The lowest BCUT2D eigenvalue weighted by molar-refractivity contribution is 0.669. The third-order valence-corrected chi connectivity index (χ3v) is 7.93. The van der Waals surface area contributed by atoms with Crippen LogP contribution in [-0.2, 0) is 0 Å². The first-order valence-corrected chi connectivity index (χ1v) is 14.4. The highest BCUT2D eigenvalue weighted by molar-refractivity contribution is 6.12. The average Bonchev–Trinajstić information content (AvgIpc) is 3.47. The molecule has 0 atom stereocenters. The molecule has 0 unspecified atom stereocenters. The lowest BCUT2D eigenvalue weighted by Gasteiger charge is -2.10. The summed E-state index contributed by atoms with van der Waals surface area (Å²) in [7, 11) is 0. The van der Waals surface area contributed by atoms with E-state index in [4.69, 9.17) is 14.4 Å². The Bertz CT molecular complexity index is 2140. The molecule has 0 amide bonds. The van der Waals surface area contributed by atoms with Crippen LogP contribution >= 0.6 is 0 Å². The molecule has 0 radical (unpaired) electrons. The van der Waals surface area contributed by atoms with Crippen molar-refractivity contribution in [3.05, 3.63) is 158 Å². The van der Waals surface area contributed by atoms with Gasteiger partial charge in [-0.05, 0) is 46.5 Å². The van der Waals surface area contributed by atoms with Crippen molar-refractivity contribution < 1.29 is 4.42 Å². The van der Waals surface area contributed by atoms with Crippen molar-refractivity contribution in [2.75, 3.05) is 0 Å². The van der Waals surface area contributed by atoms with Gasteiger partial charge in [0.2, 0.25) is 0 Å². The molecule has 8 aromatic rings. The molecule has 2 aromatic heterocycles. The molecule has 0 saturated heterocycles. The Morgan fingerprint density at radius 2 is 0.884 bits per heavy atom. The van der Waals surface area contributed by atoms with E-state index in [2.05, 4.69) is 103 Å². The number of hydrogen-bond acceptors (Lipinski definition) is 3. The second-order valence-electron chi connectivity index (χ2n) is 10.6. The van der Waals surface area contributed by atoms with Gasteiger partial charge in [-0.3, -0.25) is 0 Å². The summed E-state index contributed by atoms with van der Waals surface area (Å²) in [6.45, 7) is 0. The molecule has 0 saturated carbocycles. The van der Waals surface area contributed by atoms with Crippen LogP contribution in [0.3, 0.4) is 0 Å². The number of rotatable bonds is 5. The van der Waals surface area contributed by atoms with E-state index in [1.54, 1.807) is 0 Å². The Labute approximate surface area is 249 Å². The number of furan rings is 1. The van der Waals surface area contributed by atoms with Gasteiger partial charge in [0.05, 0.1) is 11.4 Å². The number of hydrogen-bond donors (Lipinski definition) is 0. The van der Waals surface area contributed by atoms with Gasteiger partial charge in [0.25, 0.3) is 0 Å². The van der Waals surface area contributed by atoms with E-state index in [0.29, 0.717) is 5.82 Å². The quantitative estimate of drug-likeness (QED) is 0.214. The molecular formula is C40H26N2O. The van der Waals surface area contributed by atoms with Crippen molar-refractivity contribution >= 4 is 21.9 Å². The van der Waals surface area contributed by atoms with Crippen LogP contribution in [0.25, 0.3) is 78.1 Å². The van der Waals surface area contributed by atoms with Crippen LogP contribution < -0.4 is 0 Å². The molecule has 6 aromatic carbocycles. The zero-order chi connectivity index (χ0) is 28.6. The maximum Gasteiger partial charge on any atom is 0.161 e. The number of nitrogens with zero attached hydrogens (tertiary/aromatic N) is 2. The van der Waals surface area contributed by atoms with E-state index >= 15 is 0 Å². The summed E-state index contributed by atoms with van der Waals surface area (Å²) in [6, 6.07) is 54.3. The molecule has 43 heavy (non-hydrogen) atoms. The minimum absolute atomic E-state index is 0.675. The Kier molecular flexibility index (Phi) is 6.12. The van der Waals surface area contributed by atoms with Crippen LogP contribution in [0.4, 0.5) is 0 Å². The van der Waals surface area contributed by atoms with Gasteiger partial charge < -0.3 is 4.42 Å². The summed E-state index contributed by atoms with van der Waals surface area (Å²) in [6.07, 6.45) is 0. The summed E-state index contributed by atoms with van der Waals surface area (Å²) >= 11 is 0. The smallest absolute Gasteiger partial charge is 0.161 e. The summed E-state index contributed by atoms with van der Waals surface area (Å²) in [5.41, 5.74) is 11.2. The van der Waals surface area contributed by atoms with E-state index < -0.39 is 0 Å². The highest BCUT2D eigenvalue weighted by Crippen LogP contribution is 2.38. The zero-order valence-electron chi connectivity index (χ0n) is 23.3. The predicted octanol–water partition coefficient (Wildman–Crippen LogP) is 10.7. The molecule has 0 fully saturated rings. The van der Waals surface area contributed by atoms with Crippen LogP contribution in [0, 0.1) is 0 Å². The Hall–Kier alpha value is -5.80. The molecule has 3 nitrogen and oxygen atoms in total. The highest BCUT2D eigenvalue weighted by Gasteiger charge is 2.17. The van der Waals surface area contributed by atoms with Crippen molar-refractivity contribution in [1.29, 1.82) is 0 Å². The number of fused-ring (bicyclic) bond motifs is 3. The van der Waals surface area contributed by atoms with Gasteiger partial charge in [-0.2, -0.15) is 0 Å². The first-order chi connectivity index (χ1) is 21.3. The topological polar surface area (TPSA) is 38.9 Å². The van der Waals surface area contributed by atoms with Gasteiger partial charge in [-0.25, -0.2) is 9.97 Å². The van der Waals surface area contributed by atoms with Crippen LogP contribution in [0.1, 0.15) is 0 Å². The first kappa shape index (κ1) is 25.0. The minimum atomic E-state index is 0.675. The fourth-order valence-electron chi connectivity index (χ4n) is 5.76. The lowest BCUT2D eigenvalue weighted by atomic mass is 9.99. The van der Waals surface area contributed by atoms with Gasteiger partial charge in [-0.15, -0.1) is 0 Å². The monoisotopic (exact) mass is 550 g/mol. The predicted molar refractivity (Wildman–Crippen MR) is 176 cm³/mol. The highest BCUT2D eigenvalue weighted by atomic mass is 16.3. The van der Waals surface area contributed by atoms with Gasteiger partial charge >= 0.3 is 0 Å². The van der Waals surface area contributed by atoms with Crippen molar-refractivity contribution in [3.8, 4) is 56.2 Å². The van der Waals surface area contributed by atoms with Gasteiger partial charge in [0, 0.05) is 27.5 Å². The van der Waals surface area contributed by atoms with E-state index in [1.165, 1.54) is 11.1 Å². The summed E-state index contributed by atoms with van der Waals surface area (Å²) in [4.78, 5) is 10.2. The van der Waals surface area contributed by atoms with Crippen molar-refractivity contribution in [1.82, 2.24) is 9.97 Å². The molecule has 8 rings (SSSR count). The van der Waals surface area contributed by atoms with E-state index in [9.17, 15) is 0 Å². The molecule has 0 bridgehead atoms. The molecule has 0 aliphatic carbocycles. The van der Waals surface area contributed by atoms with Crippen LogP contribution in [0.5, 0.6) is 0 Å². The summed E-state index contributed by atoms with van der Waals surface area (Å²) in [5, 5.41) is 2.07. The van der Waals surface area contributed by atoms with E-state index in [-0.39, 0.29) is 0 Å². The largest absolute Gasteiger partial charge is 0.456 e. The van der Waals surface area contributed by atoms with Crippen LogP contribution in [0.2, 0.25) is 0 Å². The van der Waals surface area contributed by atoms with E-state index in [0.717, 1.165) is 61.1 Å². The molecule has 2 heterocycles. The van der Waals surface area contributed by atoms with Gasteiger partial charge in [-0.1, -0.05) is 133 Å². The van der Waals surface area contributed by atoms with E-state index in [1.807, 2.05) is 54.6 Å². The molecule has 0 spiro atoms. The van der Waals surface area contributed by atoms with Crippen molar-refractivity contribution in [3.63, 3.8) is 0 Å². The molecule has 0 aliphatic heterocycles. The number of benzene rings is 6. The second-order valence-corrected chi connectivity index (χ2v) is 10.6. The summed E-state index contributed by atoms with van der Waals surface area (Å²) < 4.78 is 6.44. The van der Waals surface area contributed by atoms with Crippen LogP contribution in [-0.4, -0.2) is 9.97 Å². The van der Waals surface area contributed by atoms with Gasteiger partial charge in [0.1, 0.15) is 11.2 Å². The Morgan fingerprint density at radius 3 is 1.49 bits per heavy atom. The summed E-state index contributed by atoms with van der Waals surface area (Å²) in [5.74, 6) is 0.675. The number of aromatic nitrogens is 2. The fraction of sp³-hybridized carbons (Fsp3) is 0. The maximum absolute atomic E-state index is 6.44. The average molecular weight is 551 g/mol. The maximum atomic E-state index is 6.44. The normalized spacial score (nSPS) is 11.3. The Morgan fingerprint density at radius 1 is 0.372 bits per heavy atom. The van der Waals surface area contributed by atoms with Crippen molar-refractivity contribution in [2.24, 2.45) is 0 Å². The lowest BCUT2D eigenvalue weighted by Crippen LogP contribution is -1.96. The standard InChI is InChI=1S/C40H26N2O/c1-4-11-27(12-5-1)28-19-21-29(22-20-28)32-23-24-33-38(25-32)43-37-18-10-17-34(39(33)37)40-41-35(30-13-6-2-7-14-30)26-36(42-40)31-15-8-3-9-16-31/h1-26H. The third-order valence-electron chi connectivity index (χ3n) is 7.93. The molecule has 0 aliphatic rings. The fourth-order valence-corrected chi connectivity index (χ4v) is 5.76. The zero-order valence-corrected chi connectivity index (χ0v) is 23.3. The van der Waals surface area contributed by atoms with Crippen molar-refractivity contribution in [2.45, 2.75) is 0 Å². The second kappa shape index (κ2) is 10.6. The van der Waals surface area contributed by atoms with Crippen LogP contribution in [0.15, 0.2) is 162 Å². The molecule has 0 N–H and O–H groups in total. The SMILES string of the molecule is c1ccc(-c2ccc(-c3ccc4c(c3)oc3cccc(-c5nc(-c6ccccc6)cc(-c6ccccc6)n5)c34)cc2)cc1. The Balaban J connectivity index is 1.25. The first-order valence-electron chi connectivity index (χ1n) is 14.4.